The Labute approximate surface area is 245 Å². The third-order valence-electron chi connectivity index (χ3n) is 7.82. The number of hydrogen-bond acceptors (Lipinski definition) is 8. The van der Waals surface area contributed by atoms with Gasteiger partial charge in [-0.1, -0.05) is 54.6 Å². The minimum atomic E-state index is -1.46. The highest BCUT2D eigenvalue weighted by molar-refractivity contribution is 5.75. The predicted molar refractivity (Wildman–Crippen MR) is 154 cm³/mol. The first kappa shape index (κ1) is 28.6. The molecular weight excluding hydrogens is 557 g/mol. The van der Waals surface area contributed by atoms with Gasteiger partial charge in [0.1, 0.15) is 40.8 Å². The molecule has 4 atom stereocenters. The van der Waals surface area contributed by atoms with Gasteiger partial charge in [0.2, 0.25) is 0 Å². The number of halogens is 1. The van der Waals surface area contributed by atoms with E-state index in [1.807, 2.05) is 78.9 Å². The first-order chi connectivity index (χ1) is 20.9. The third kappa shape index (κ3) is 4.96. The Hall–Kier alpha value is -4.55. The van der Waals surface area contributed by atoms with Gasteiger partial charge in [-0.3, -0.25) is 4.79 Å². The monoisotopic (exact) mass is 587 g/mol. The van der Waals surface area contributed by atoms with Crippen molar-refractivity contribution in [1.29, 1.82) is 0 Å². The topological polar surface area (TPSA) is 128 Å². The molecule has 0 spiro atoms. The molecule has 0 bridgehead atoms. The first-order valence-electron chi connectivity index (χ1n) is 13.6. The second-order valence-electron chi connectivity index (χ2n) is 10.2. The molecule has 3 heterocycles. The standard InChI is InChI=1S/C32H30FN3O7/c1-40-22-12-8-20(9-13-22)32(19-6-4-3-5-7-19,21-10-14-23(41-2)15-11-21)42-17-25-27(37)28(38)31(43-25)36-16-24(33)26-29(36)34-18-35-30(26)39/h3-16,18,25,27-28,31,37-38H,17H2,1-2H3,(H,34,35,39)/t25-,27-,28-,31-/m1/s1. The SMILES string of the molecule is COc1ccc(C(OC[C@H]2O[C@@H](n3cc(F)c4c(=O)[nH]cnc43)[C@H](O)[C@@H]2O)(c2ccccc2)c2ccc(OC)cc2)cc1. The molecule has 43 heavy (non-hydrogen) atoms. The molecule has 0 aliphatic carbocycles. The van der Waals surface area contributed by atoms with Crippen molar-refractivity contribution in [2.24, 2.45) is 0 Å². The van der Waals surface area contributed by atoms with Gasteiger partial charge < -0.3 is 38.7 Å². The first-order valence-corrected chi connectivity index (χ1v) is 13.6. The summed E-state index contributed by atoms with van der Waals surface area (Å²) in [5.41, 5.74) is 0.478. The maximum Gasteiger partial charge on any atom is 0.263 e. The Morgan fingerprint density at radius 1 is 0.907 bits per heavy atom. The number of aliphatic hydroxyl groups is 2. The van der Waals surface area contributed by atoms with Crippen molar-refractivity contribution in [1.82, 2.24) is 14.5 Å². The molecule has 0 amide bonds. The summed E-state index contributed by atoms with van der Waals surface area (Å²) >= 11 is 0. The van der Waals surface area contributed by atoms with Gasteiger partial charge in [-0.05, 0) is 41.0 Å². The highest BCUT2D eigenvalue weighted by atomic mass is 19.1. The summed E-state index contributed by atoms with van der Waals surface area (Å²) in [6.45, 7) is -0.169. The smallest absolute Gasteiger partial charge is 0.263 e. The van der Waals surface area contributed by atoms with Crippen molar-refractivity contribution in [3.63, 3.8) is 0 Å². The Balaban J connectivity index is 1.40. The zero-order chi connectivity index (χ0) is 30.1. The second kappa shape index (κ2) is 11.6. The summed E-state index contributed by atoms with van der Waals surface area (Å²) in [6, 6.07) is 24.5. The van der Waals surface area contributed by atoms with E-state index in [9.17, 15) is 19.4 Å². The van der Waals surface area contributed by atoms with Gasteiger partial charge in [0.25, 0.3) is 5.56 Å². The average Bonchev–Trinajstić information content (AvgIpc) is 3.54. The molecule has 11 heteroatoms. The number of fused-ring (bicyclic) bond motifs is 1. The molecule has 0 saturated carbocycles. The highest BCUT2D eigenvalue weighted by Gasteiger charge is 2.47. The van der Waals surface area contributed by atoms with Crippen LogP contribution in [0.1, 0.15) is 22.9 Å². The molecule has 1 aliphatic rings. The van der Waals surface area contributed by atoms with E-state index in [0.717, 1.165) is 29.2 Å². The number of H-pyrrole nitrogens is 1. The Kier molecular flexibility index (Phi) is 7.72. The molecule has 3 aromatic carbocycles. The van der Waals surface area contributed by atoms with Crippen LogP contribution in [0.3, 0.4) is 0 Å². The van der Waals surface area contributed by atoms with Crippen LogP contribution in [0.2, 0.25) is 0 Å². The van der Waals surface area contributed by atoms with Crippen LogP contribution in [0, 0.1) is 5.82 Å². The lowest BCUT2D eigenvalue weighted by Crippen LogP contribution is -2.39. The number of hydrogen-bond donors (Lipinski definition) is 3. The predicted octanol–water partition coefficient (Wildman–Crippen LogP) is 3.51. The minimum Gasteiger partial charge on any atom is -0.497 e. The number of methoxy groups -OCH3 is 2. The van der Waals surface area contributed by atoms with Crippen LogP contribution < -0.4 is 15.0 Å². The quantitative estimate of drug-likeness (QED) is 0.224. The zero-order valence-electron chi connectivity index (χ0n) is 23.4. The molecule has 6 rings (SSSR count). The van der Waals surface area contributed by atoms with Gasteiger partial charge in [-0.25, -0.2) is 9.37 Å². The van der Waals surface area contributed by atoms with Crippen LogP contribution in [0.15, 0.2) is 96.2 Å². The van der Waals surface area contributed by atoms with Crippen molar-refractivity contribution < 1.29 is 33.6 Å². The second-order valence-corrected chi connectivity index (χ2v) is 10.2. The van der Waals surface area contributed by atoms with Crippen molar-refractivity contribution in [3.8, 4) is 11.5 Å². The van der Waals surface area contributed by atoms with Crippen LogP contribution in [0.5, 0.6) is 11.5 Å². The fourth-order valence-electron chi connectivity index (χ4n) is 5.62. The zero-order valence-corrected chi connectivity index (χ0v) is 23.4. The van der Waals surface area contributed by atoms with Crippen molar-refractivity contribution >= 4 is 11.0 Å². The Bertz CT molecular complexity index is 1710. The Morgan fingerprint density at radius 2 is 1.49 bits per heavy atom. The normalized spacial score (nSPS) is 20.4. The molecule has 5 aromatic rings. The third-order valence-corrected chi connectivity index (χ3v) is 7.82. The molecule has 222 valence electrons. The summed E-state index contributed by atoms with van der Waals surface area (Å²) in [7, 11) is 3.18. The molecular formula is C32H30FN3O7. The van der Waals surface area contributed by atoms with E-state index in [-0.39, 0.29) is 17.6 Å². The molecule has 1 fully saturated rings. The number of ether oxygens (including phenoxy) is 4. The van der Waals surface area contributed by atoms with Crippen LogP contribution in [-0.2, 0) is 15.1 Å². The molecule has 0 radical (unpaired) electrons. The summed E-state index contributed by atoms with van der Waals surface area (Å²) in [5, 5.41) is 21.8. The largest absolute Gasteiger partial charge is 0.497 e. The minimum absolute atomic E-state index is 0.0193. The molecule has 10 nitrogen and oxygen atoms in total. The van der Waals surface area contributed by atoms with Crippen LogP contribution in [-0.4, -0.2) is 63.9 Å². The number of benzene rings is 3. The van der Waals surface area contributed by atoms with Crippen molar-refractivity contribution in [2.75, 3.05) is 20.8 Å². The van der Waals surface area contributed by atoms with Crippen LogP contribution >= 0.6 is 0 Å². The van der Waals surface area contributed by atoms with Gasteiger partial charge in [0.15, 0.2) is 17.7 Å². The van der Waals surface area contributed by atoms with E-state index < -0.39 is 41.5 Å². The number of aromatic nitrogens is 3. The van der Waals surface area contributed by atoms with E-state index >= 15 is 0 Å². The average molecular weight is 588 g/mol. The van der Waals surface area contributed by atoms with E-state index in [1.54, 1.807) is 14.2 Å². The highest BCUT2D eigenvalue weighted by Crippen LogP contribution is 2.43. The van der Waals surface area contributed by atoms with Gasteiger partial charge in [-0.15, -0.1) is 0 Å². The molecule has 3 N–H and O–H groups in total. The van der Waals surface area contributed by atoms with Crippen molar-refractivity contribution in [3.05, 3.63) is 124 Å². The fraction of sp³-hybridized carbons (Fsp3) is 0.250. The molecule has 1 aliphatic heterocycles. The van der Waals surface area contributed by atoms with Gasteiger partial charge in [0.05, 0.1) is 27.2 Å². The summed E-state index contributed by atoms with van der Waals surface area (Å²) in [4.78, 5) is 18.6. The molecule has 1 saturated heterocycles. The lowest BCUT2D eigenvalue weighted by molar-refractivity contribution is -0.0941. The number of nitrogens with one attached hydrogen (secondary N) is 1. The van der Waals surface area contributed by atoms with E-state index in [1.165, 1.54) is 4.57 Å². The van der Waals surface area contributed by atoms with E-state index in [0.29, 0.717) is 11.5 Å². The number of nitrogens with zero attached hydrogens (tertiary/aromatic N) is 2. The Morgan fingerprint density at radius 3 is 2.07 bits per heavy atom. The summed E-state index contributed by atoms with van der Waals surface area (Å²) in [6.07, 6.45) is -2.94. The molecule has 2 aromatic heterocycles. The van der Waals surface area contributed by atoms with E-state index in [2.05, 4.69) is 9.97 Å². The number of aromatic amines is 1. The van der Waals surface area contributed by atoms with E-state index in [4.69, 9.17) is 18.9 Å². The van der Waals surface area contributed by atoms with Crippen molar-refractivity contribution in [2.45, 2.75) is 30.1 Å². The number of aliphatic hydroxyl groups excluding tert-OH is 2. The summed E-state index contributed by atoms with van der Waals surface area (Å²) < 4.78 is 39.6. The van der Waals surface area contributed by atoms with Crippen LogP contribution in [0.4, 0.5) is 4.39 Å². The van der Waals surface area contributed by atoms with Gasteiger partial charge in [0, 0.05) is 6.20 Å². The lowest BCUT2D eigenvalue weighted by atomic mass is 9.80. The molecule has 0 unspecified atom stereocenters. The van der Waals surface area contributed by atoms with Crippen LogP contribution in [0.25, 0.3) is 11.0 Å². The van der Waals surface area contributed by atoms with Gasteiger partial charge >= 0.3 is 0 Å². The van der Waals surface area contributed by atoms with Gasteiger partial charge in [-0.2, -0.15) is 0 Å². The number of rotatable bonds is 9. The summed E-state index contributed by atoms with van der Waals surface area (Å²) in [5.74, 6) is 0.510. The maximum atomic E-state index is 14.7. The fourth-order valence-corrected chi connectivity index (χ4v) is 5.62. The maximum absolute atomic E-state index is 14.7. The lowest BCUT2D eigenvalue weighted by Gasteiger charge is -2.37.